The molecule has 1 heterocycles. The third-order valence-electron chi connectivity index (χ3n) is 2.64. The number of nitrogens with zero attached hydrogens (tertiary/aromatic N) is 1. The molecule has 0 spiro atoms. The molecule has 0 aliphatic carbocycles. The van der Waals surface area contributed by atoms with Crippen molar-refractivity contribution in [2.75, 3.05) is 18.9 Å². The number of benzene rings is 1. The van der Waals surface area contributed by atoms with Crippen molar-refractivity contribution < 1.29 is 17.9 Å². The number of rotatable bonds is 5. The van der Waals surface area contributed by atoms with Crippen molar-refractivity contribution in [3.8, 4) is 11.5 Å². The van der Waals surface area contributed by atoms with Crippen LogP contribution in [0.25, 0.3) is 0 Å². The molecule has 0 aliphatic heterocycles. The van der Waals surface area contributed by atoms with Gasteiger partial charge in [-0.05, 0) is 40.2 Å². The lowest BCUT2D eigenvalue weighted by atomic mass is 10.3. The molecule has 2 rings (SSSR count). The first-order valence-corrected chi connectivity index (χ1v) is 8.10. The summed E-state index contributed by atoms with van der Waals surface area (Å²) in [6.45, 7) is 0. The van der Waals surface area contributed by atoms with Crippen LogP contribution in [-0.4, -0.2) is 27.6 Å². The van der Waals surface area contributed by atoms with Crippen molar-refractivity contribution in [1.29, 1.82) is 0 Å². The van der Waals surface area contributed by atoms with Crippen LogP contribution in [-0.2, 0) is 10.0 Å². The predicted molar refractivity (Wildman–Crippen MR) is 82.3 cm³/mol. The Morgan fingerprint density at radius 3 is 2.48 bits per heavy atom. The van der Waals surface area contributed by atoms with Gasteiger partial charge in [0, 0.05) is 6.07 Å². The van der Waals surface area contributed by atoms with Crippen molar-refractivity contribution in [1.82, 2.24) is 4.98 Å². The van der Waals surface area contributed by atoms with Gasteiger partial charge in [0.2, 0.25) is 0 Å². The normalized spacial score (nSPS) is 11.0. The zero-order valence-electron chi connectivity index (χ0n) is 11.3. The van der Waals surface area contributed by atoms with E-state index in [1.807, 2.05) is 0 Å². The number of halogens is 1. The zero-order chi connectivity index (χ0) is 15.5. The molecule has 0 saturated heterocycles. The average molecular weight is 373 g/mol. The summed E-state index contributed by atoms with van der Waals surface area (Å²) < 4.78 is 38.0. The molecule has 8 heteroatoms. The summed E-state index contributed by atoms with van der Waals surface area (Å²) >= 11 is 3.19. The first kappa shape index (κ1) is 15.6. The van der Waals surface area contributed by atoms with Gasteiger partial charge in [0.1, 0.15) is 21.0 Å². The van der Waals surface area contributed by atoms with Gasteiger partial charge in [-0.3, -0.25) is 4.72 Å². The molecule has 0 unspecified atom stereocenters. The van der Waals surface area contributed by atoms with Crippen LogP contribution >= 0.6 is 15.9 Å². The van der Waals surface area contributed by atoms with Crippen LogP contribution in [0.15, 0.2) is 46.0 Å². The van der Waals surface area contributed by atoms with Crippen LogP contribution in [0.2, 0.25) is 0 Å². The molecular weight excluding hydrogens is 360 g/mol. The van der Waals surface area contributed by atoms with Crippen LogP contribution < -0.4 is 14.2 Å². The van der Waals surface area contributed by atoms with Crippen LogP contribution in [0.3, 0.4) is 0 Å². The highest BCUT2D eigenvalue weighted by molar-refractivity contribution is 9.10. The number of nitrogens with one attached hydrogen (secondary N) is 1. The Bertz CT molecular complexity index is 732. The lowest BCUT2D eigenvalue weighted by Gasteiger charge is -2.12. The van der Waals surface area contributed by atoms with Crippen molar-refractivity contribution in [2.45, 2.75) is 4.90 Å². The number of hydrogen-bond donors (Lipinski definition) is 1. The van der Waals surface area contributed by atoms with E-state index in [1.165, 1.54) is 32.5 Å². The molecule has 0 bridgehead atoms. The second kappa shape index (κ2) is 6.31. The Hall–Kier alpha value is -1.80. The SMILES string of the molecule is COc1ccc(S(=O)(=O)Nc2ccc(Br)nc2)c(OC)c1. The van der Waals surface area contributed by atoms with E-state index in [-0.39, 0.29) is 10.6 Å². The van der Waals surface area contributed by atoms with Crippen LogP contribution in [0.1, 0.15) is 0 Å². The Kier molecular flexibility index (Phi) is 4.69. The molecule has 1 aromatic carbocycles. The number of pyridine rings is 1. The van der Waals surface area contributed by atoms with E-state index < -0.39 is 10.0 Å². The Balaban J connectivity index is 2.37. The van der Waals surface area contributed by atoms with Gasteiger partial charge in [0.25, 0.3) is 10.0 Å². The number of aromatic nitrogens is 1. The molecule has 1 aromatic heterocycles. The molecular formula is C13H13BrN2O4S. The highest BCUT2D eigenvalue weighted by Crippen LogP contribution is 2.29. The molecule has 0 radical (unpaired) electrons. The number of sulfonamides is 1. The quantitative estimate of drug-likeness (QED) is 0.816. The van der Waals surface area contributed by atoms with Gasteiger partial charge in [-0.15, -0.1) is 0 Å². The van der Waals surface area contributed by atoms with Crippen LogP contribution in [0.5, 0.6) is 11.5 Å². The fourth-order valence-corrected chi connectivity index (χ4v) is 3.07. The summed E-state index contributed by atoms with van der Waals surface area (Å²) in [7, 11) is -0.887. The molecule has 21 heavy (non-hydrogen) atoms. The molecule has 0 atom stereocenters. The fourth-order valence-electron chi connectivity index (χ4n) is 1.64. The third-order valence-corrected chi connectivity index (χ3v) is 4.53. The minimum Gasteiger partial charge on any atom is -0.497 e. The van der Waals surface area contributed by atoms with E-state index >= 15 is 0 Å². The largest absolute Gasteiger partial charge is 0.497 e. The van der Waals surface area contributed by atoms with Gasteiger partial charge in [-0.2, -0.15) is 0 Å². The summed E-state index contributed by atoms with van der Waals surface area (Å²) in [6.07, 6.45) is 1.41. The number of hydrogen-bond acceptors (Lipinski definition) is 5. The maximum atomic E-state index is 12.4. The van der Waals surface area contributed by atoms with Gasteiger partial charge >= 0.3 is 0 Å². The maximum absolute atomic E-state index is 12.4. The van der Waals surface area contributed by atoms with Crippen LogP contribution in [0, 0.1) is 0 Å². The lowest BCUT2D eigenvalue weighted by Crippen LogP contribution is -2.14. The second-order valence-corrected chi connectivity index (χ2v) is 6.46. The van der Waals surface area contributed by atoms with E-state index in [4.69, 9.17) is 9.47 Å². The van der Waals surface area contributed by atoms with Gasteiger partial charge in [-0.25, -0.2) is 13.4 Å². The summed E-state index contributed by atoms with van der Waals surface area (Å²) in [5, 5.41) is 0. The predicted octanol–water partition coefficient (Wildman–Crippen LogP) is 2.66. The second-order valence-electron chi connectivity index (χ2n) is 3.99. The van der Waals surface area contributed by atoms with E-state index in [0.717, 1.165) is 0 Å². The summed E-state index contributed by atoms with van der Waals surface area (Å²) in [5.74, 6) is 0.711. The van der Waals surface area contributed by atoms with E-state index in [1.54, 1.807) is 18.2 Å². The van der Waals surface area contributed by atoms with Crippen LogP contribution in [0.4, 0.5) is 5.69 Å². The minimum atomic E-state index is -3.78. The van der Waals surface area contributed by atoms with Gasteiger partial charge in [0.15, 0.2) is 0 Å². The molecule has 0 aliphatic rings. The van der Waals surface area contributed by atoms with E-state index in [0.29, 0.717) is 16.0 Å². The maximum Gasteiger partial charge on any atom is 0.265 e. The fraction of sp³-hybridized carbons (Fsp3) is 0.154. The highest BCUT2D eigenvalue weighted by Gasteiger charge is 2.20. The number of methoxy groups -OCH3 is 2. The molecule has 2 aromatic rings. The summed E-state index contributed by atoms with van der Waals surface area (Å²) in [4.78, 5) is 3.99. The third kappa shape index (κ3) is 3.64. The van der Waals surface area contributed by atoms with Crippen molar-refractivity contribution in [2.24, 2.45) is 0 Å². The van der Waals surface area contributed by atoms with Crippen molar-refractivity contribution >= 4 is 31.6 Å². The monoisotopic (exact) mass is 372 g/mol. The summed E-state index contributed by atoms with van der Waals surface area (Å²) in [6, 6.07) is 7.73. The Morgan fingerprint density at radius 2 is 1.90 bits per heavy atom. The van der Waals surface area contributed by atoms with Gasteiger partial charge < -0.3 is 9.47 Å². The van der Waals surface area contributed by atoms with Crippen molar-refractivity contribution in [3.05, 3.63) is 41.1 Å². The Labute approximate surface area is 131 Å². The van der Waals surface area contributed by atoms with Crippen molar-refractivity contribution in [3.63, 3.8) is 0 Å². The minimum absolute atomic E-state index is 0.0220. The smallest absolute Gasteiger partial charge is 0.265 e. The molecule has 0 fully saturated rings. The van der Waals surface area contributed by atoms with Gasteiger partial charge in [-0.1, -0.05) is 0 Å². The Morgan fingerprint density at radius 1 is 1.14 bits per heavy atom. The molecule has 1 N–H and O–H groups in total. The van der Waals surface area contributed by atoms with E-state index in [9.17, 15) is 8.42 Å². The lowest BCUT2D eigenvalue weighted by molar-refractivity contribution is 0.386. The molecule has 6 nitrogen and oxygen atoms in total. The highest BCUT2D eigenvalue weighted by atomic mass is 79.9. The average Bonchev–Trinajstić information content (AvgIpc) is 2.48. The molecule has 0 amide bonds. The van der Waals surface area contributed by atoms with E-state index in [2.05, 4.69) is 25.6 Å². The summed E-state index contributed by atoms with van der Waals surface area (Å²) in [5.41, 5.74) is 0.357. The topological polar surface area (TPSA) is 77.5 Å². The molecule has 0 saturated carbocycles. The number of anilines is 1. The van der Waals surface area contributed by atoms with Gasteiger partial charge in [0.05, 0.1) is 26.1 Å². The first-order chi connectivity index (χ1) is 9.96. The zero-order valence-corrected chi connectivity index (χ0v) is 13.7. The number of ether oxygens (including phenoxy) is 2. The standard InChI is InChI=1S/C13H13BrN2O4S/c1-19-10-4-5-12(11(7-10)20-2)21(17,18)16-9-3-6-13(14)15-8-9/h3-8,16H,1-2H3. The molecule has 112 valence electrons. The first-order valence-electron chi connectivity index (χ1n) is 5.82.